The van der Waals surface area contributed by atoms with E-state index in [4.69, 9.17) is 4.74 Å². The zero-order valence-electron chi connectivity index (χ0n) is 15.9. The number of rotatable bonds is 6. The summed E-state index contributed by atoms with van der Waals surface area (Å²) in [6.45, 7) is 6.27. The van der Waals surface area contributed by atoms with Gasteiger partial charge in [-0.2, -0.15) is 0 Å². The number of anilines is 1. The molecule has 1 aliphatic rings. The molecule has 1 N–H and O–H groups in total. The molecule has 1 aromatic carbocycles. The van der Waals surface area contributed by atoms with Gasteiger partial charge in [0.15, 0.2) is 0 Å². The van der Waals surface area contributed by atoms with Gasteiger partial charge in [-0.25, -0.2) is 4.79 Å². The van der Waals surface area contributed by atoms with Gasteiger partial charge in [0.1, 0.15) is 5.00 Å². The summed E-state index contributed by atoms with van der Waals surface area (Å²) in [5.74, 6) is -0.468. The van der Waals surface area contributed by atoms with Gasteiger partial charge in [0.05, 0.1) is 18.7 Å². The first-order valence-electron chi connectivity index (χ1n) is 9.48. The molecule has 1 aromatic heterocycles. The van der Waals surface area contributed by atoms with Crippen molar-refractivity contribution in [1.82, 2.24) is 4.90 Å². The third-order valence-electron chi connectivity index (χ3n) is 4.73. The minimum atomic E-state index is -0.387. The molecule has 144 valence electrons. The van der Waals surface area contributed by atoms with Crippen molar-refractivity contribution in [3.8, 4) is 10.4 Å². The number of amides is 1. The Kier molecular flexibility index (Phi) is 6.63. The summed E-state index contributed by atoms with van der Waals surface area (Å²) in [4.78, 5) is 28.2. The molecule has 6 heteroatoms. The molecule has 3 rings (SSSR count). The number of hydrogen-bond acceptors (Lipinski definition) is 5. The second-order valence-electron chi connectivity index (χ2n) is 6.73. The van der Waals surface area contributed by atoms with Gasteiger partial charge in [0, 0.05) is 4.88 Å². The molecule has 0 aliphatic carbocycles. The van der Waals surface area contributed by atoms with Gasteiger partial charge in [0.2, 0.25) is 5.91 Å². The minimum Gasteiger partial charge on any atom is -0.462 e. The van der Waals surface area contributed by atoms with Crippen molar-refractivity contribution in [1.29, 1.82) is 0 Å². The Balaban J connectivity index is 1.85. The number of ether oxygens (including phenoxy) is 1. The largest absolute Gasteiger partial charge is 0.462 e. The van der Waals surface area contributed by atoms with E-state index in [1.807, 2.05) is 37.3 Å². The Morgan fingerprint density at radius 3 is 2.52 bits per heavy atom. The van der Waals surface area contributed by atoms with E-state index in [0.717, 1.165) is 41.9 Å². The quantitative estimate of drug-likeness (QED) is 0.751. The predicted molar refractivity (Wildman–Crippen MR) is 109 cm³/mol. The first kappa shape index (κ1) is 19.6. The van der Waals surface area contributed by atoms with Crippen LogP contribution in [-0.2, 0) is 9.53 Å². The fourth-order valence-electron chi connectivity index (χ4n) is 3.40. The maximum Gasteiger partial charge on any atom is 0.341 e. The normalized spacial score (nSPS) is 14.7. The summed E-state index contributed by atoms with van der Waals surface area (Å²) in [5.41, 5.74) is 2.34. The fraction of sp³-hybridized carbons (Fsp3) is 0.429. The van der Waals surface area contributed by atoms with Crippen LogP contribution in [0.4, 0.5) is 5.00 Å². The van der Waals surface area contributed by atoms with E-state index in [1.54, 1.807) is 6.92 Å². The highest BCUT2D eigenvalue weighted by atomic mass is 32.1. The first-order chi connectivity index (χ1) is 13.1. The molecule has 1 fully saturated rings. The van der Waals surface area contributed by atoms with Crippen LogP contribution in [-0.4, -0.2) is 43.0 Å². The Labute approximate surface area is 164 Å². The molecule has 1 saturated heterocycles. The number of thiophene rings is 1. The molecule has 0 atom stereocenters. The number of likely N-dealkylation sites (tertiary alicyclic amines) is 1. The number of piperidine rings is 1. The predicted octanol–water partition coefficient (Wildman–Crippen LogP) is 4.32. The molecular weight excluding hydrogens is 360 g/mol. The summed E-state index contributed by atoms with van der Waals surface area (Å²) in [6.07, 6.45) is 3.50. The van der Waals surface area contributed by atoms with Crippen molar-refractivity contribution in [3.63, 3.8) is 0 Å². The van der Waals surface area contributed by atoms with Crippen LogP contribution in [0.25, 0.3) is 10.4 Å². The molecule has 0 radical (unpaired) electrons. The van der Waals surface area contributed by atoms with Gasteiger partial charge < -0.3 is 10.1 Å². The molecule has 5 nitrogen and oxygen atoms in total. The molecule has 2 heterocycles. The maximum absolute atomic E-state index is 12.6. The Bertz CT molecular complexity index is 795. The van der Waals surface area contributed by atoms with Crippen molar-refractivity contribution in [2.24, 2.45) is 0 Å². The highest BCUT2D eigenvalue weighted by molar-refractivity contribution is 7.20. The van der Waals surface area contributed by atoms with Crippen LogP contribution in [0.5, 0.6) is 0 Å². The average molecular weight is 387 g/mol. The fourth-order valence-corrected chi connectivity index (χ4v) is 4.62. The second kappa shape index (κ2) is 9.15. The van der Waals surface area contributed by atoms with Crippen molar-refractivity contribution >= 4 is 28.2 Å². The van der Waals surface area contributed by atoms with Crippen LogP contribution >= 0.6 is 11.3 Å². The summed E-state index contributed by atoms with van der Waals surface area (Å²) >= 11 is 1.43. The number of benzene rings is 1. The number of nitrogens with one attached hydrogen (secondary N) is 1. The Morgan fingerprint density at radius 2 is 1.85 bits per heavy atom. The summed E-state index contributed by atoms with van der Waals surface area (Å²) in [7, 11) is 0. The van der Waals surface area contributed by atoms with Gasteiger partial charge >= 0.3 is 5.97 Å². The van der Waals surface area contributed by atoms with Gasteiger partial charge in [-0.15, -0.1) is 11.3 Å². The van der Waals surface area contributed by atoms with Crippen LogP contribution in [0.2, 0.25) is 0 Å². The van der Waals surface area contributed by atoms with E-state index >= 15 is 0 Å². The van der Waals surface area contributed by atoms with Gasteiger partial charge in [0.25, 0.3) is 0 Å². The number of esters is 1. The lowest BCUT2D eigenvalue weighted by molar-refractivity contribution is -0.117. The monoisotopic (exact) mass is 386 g/mol. The van der Waals surface area contributed by atoms with Gasteiger partial charge in [-0.3, -0.25) is 9.69 Å². The average Bonchev–Trinajstić information content (AvgIpc) is 2.99. The van der Waals surface area contributed by atoms with Gasteiger partial charge in [-0.1, -0.05) is 36.8 Å². The second-order valence-corrected chi connectivity index (χ2v) is 7.75. The third-order valence-corrected chi connectivity index (χ3v) is 5.99. The summed E-state index contributed by atoms with van der Waals surface area (Å²) in [5, 5.41) is 3.54. The number of carbonyl (C=O) groups is 2. The van der Waals surface area contributed by atoms with Crippen molar-refractivity contribution < 1.29 is 14.3 Å². The van der Waals surface area contributed by atoms with Crippen LogP contribution in [0, 0.1) is 6.92 Å². The van der Waals surface area contributed by atoms with Crippen LogP contribution < -0.4 is 5.32 Å². The lowest BCUT2D eigenvalue weighted by Crippen LogP contribution is -2.36. The van der Waals surface area contributed by atoms with E-state index in [-0.39, 0.29) is 11.9 Å². The summed E-state index contributed by atoms with van der Waals surface area (Å²) in [6, 6.07) is 9.90. The smallest absolute Gasteiger partial charge is 0.341 e. The SMILES string of the molecule is CCOC(=O)c1c(NC(=O)CN2CCCCC2)sc(-c2ccccc2)c1C. The highest BCUT2D eigenvalue weighted by Gasteiger charge is 2.25. The van der Waals surface area contributed by atoms with E-state index in [0.29, 0.717) is 23.7 Å². The molecule has 27 heavy (non-hydrogen) atoms. The first-order valence-corrected chi connectivity index (χ1v) is 10.3. The highest BCUT2D eigenvalue weighted by Crippen LogP contribution is 2.40. The number of carbonyl (C=O) groups excluding carboxylic acids is 2. The number of nitrogens with zero attached hydrogens (tertiary/aromatic N) is 1. The molecule has 0 bridgehead atoms. The van der Waals surface area contributed by atoms with E-state index in [1.165, 1.54) is 17.8 Å². The van der Waals surface area contributed by atoms with E-state index < -0.39 is 0 Å². The summed E-state index contributed by atoms with van der Waals surface area (Å²) < 4.78 is 5.24. The van der Waals surface area contributed by atoms with Crippen LogP contribution in [0.3, 0.4) is 0 Å². The van der Waals surface area contributed by atoms with Crippen LogP contribution in [0.15, 0.2) is 30.3 Å². The Morgan fingerprint density at radius 1 is 1.15 bits per heavy atom. The maximum atomic E-state index is 12.6. The molecule has 0 spiro atoms. The molecule has 1 amide bonds. The van der Waals surface area contributed by atoms with Crippen LogP contribution in [0.1, 0.15) is 42.1 Å². The van der Waals surface area contributed by atoms with Crippen molar-refractivity contribution in [2.45, 2.75) is 33.1 Å². The molecule has 2 aromatic rings. The van der Waals surface area contributed by atoms with Crippen molar-refractivity contribution in [2.75, 3.05) is 31.6 Å². The lowest BCUT2D eigenvalue weighted by Gasteiger charge is -2.25. The van der Waals surface area contributed by atoms with E-state index in [9.17, 15) is 9.59 Å². The zero-order valence-corrected chi connectivity index (χ0v) is 16.7. The molecule has 1 aliphatic heterocycles. The zero-order chi connectivity index (χ0) is 19.2. The molecule has 0 unspecified atom stereocenters. The third kappa shape index (κ3) is 4.76. The van der Waals surface area contributed by atoms with E-state index in [2.05, 4.69) is 10.2 Å². The van der Waals surface area contributed by atoms with Crippen molar-refractivity contribution in [3.05, 3.63) is 41.5 Å². The minimum absolute atomic E-state index is 0.0803. The van der Waals surface area contributed by atoms with Gasteiger partial charge in [-0.05, 0) is 50.9 Å². The molecule has 0 saturated carbocycles. The topological polar surface area (TPSA) is 58.6 Å². The Hall–Kier alpha value is -2.18. The standard InChI is InChI=1S/C21H26N2O3S/c1-3-26-21(25)18-15(2)19(16-10-6-4-7-11-16)27-20(18)22-17(24)14-23-12-8-5-9-13-23/h4,6-7,10-11H,3,5,8-9,12-14H2,1-2H3,(H,22,24). The molecular formula is C21H26N2O3S. The number of hydrogen-bond donors (Lipinski definition) is 1. The lowest BCUT2D eigenvalue weighted by atomic mass is 10.1.